The van der Waals surface area contributed by atoms with Crippen molar-refractivity contribution in [1.29, 1.82) is 0 Å². The Hall–Kier alpha value is -3.48. The summed E-state index contributed by atoms with van der Waals surface area (Å²) in [5.74, 6) is 1.48. The standard InChI is InChI=1S/C26H22Cl2N4O2/c1-18-7-12-23(29-16-18)34-21-10-8-19(9-11-21)13-14-32(26(33)20-5-3-2-4-6-20)25-24(28)22(15-27)30-17-31-25/h2-12,16-17H,13-15H2,1H3. The average molecular weight is 493 g/mol. The van der Waals surface area contributed by atoms with Gasteiger partial charge in [0.15, 0.2) is 5.82 Å². The van der Waals surface area contributed by atoms with Crippen LogP contribution in [0.4, 0.5) is 5.82 Å². The van der Waals surface area contributed by atoms with Gasteiger partial charge >= 0.3 is 0 Å². The van der Waals surface area contributed by atoms with Gasteiger partial charge in [0.2, 0.25) is 5.88 Å². The quantitative estimate of drug-likeness (QED) is 0.271. The van der Waals surface area contributed by atoms with Gasteiger partial charge in [0, 0.05) is 24.4 Å². The van der Waals surface area contributed by atoms with Crippen molar-refractivity contribution in [3.63, 3.8) is 0 Å². The number of ether oxygens (including phenoxy) is 1. The Kier molecular flexibility index (Phi) is 7.72. The zero-order valence-corrected chi connectivity index (χ0v) is 20.0. The van der Waals surface area contributed by atoms with Crippen LogP contribution in [0.3, 0.4) is 0 Å². The minimum Gasteiger partial charge on any atom is -0.439 e. The number of hydrogen-bond acceptors (Lipinski definition) is 5. The molecule has 4 aromatic rings. The summed E-state index contributed by atoms with van der Waals surface area (Å²) in [7, 11) is 0. The Morgan fingerprint density at radius 1 is 0.971 bits per heavy atom. The lowest BCUT2D eigenvalue weighted by Crippen LogP contribution is -2.34. The second-order valence-corrected chi connectivity index (χ2v) is 8.23. The van der Waals surface area contributed by atoms with Crippen LogP contribution < -0.4 is 9.64 Å². The van der Waals surface area contributed by atoms with E-state index in [0.717, 1.165) is 11.1 Å². The fourth-order valence-corrected chi connectivity index (χ4v) is 3.86. The normalized spacial score (nSPS) is 10.7. The highest BCUT2D eigenvalue weighted by atomic mass is 35.5. The van der Waals surface area contributed by atoms with Crippen LogP contribution in [0.1, 0.15) is 27.2 Å². The molecule has 0 N–H and O–H groups in total. The van der Waals surface area contributed by atoms with Crippen LogP contribution in [0, 0.1) is 6.92 Å². The van der Waals surface area contributed by atoms with Crippen LogP contribution in [0.15, 0.2) is 79.3 Å². The Balaban J connectivity index is 1.52. The molecule has 0 atom stereocenters. The Bertz CT molecular complexity index is 1250. The van der Waals surface area contributed by atoms with Gasteiger partial charge in [-0.3, -0.25) is 9.69 Å². The van der Waals surface area contributed by atoms with Crippen molar-refractivity contribution in [2.75, 3.05) is 11.4 Å². The van der Waals surface area contributed by atoms with E-state index < -0.39 is 0 Å². The molecule has 34 heavy (non-hydrogen) atoms. The van der Waals surface area contributed by atoms with Crippen LogP contribution in [-0.4, -0.2) is 27.4 Å². The van der Waals surface area contributed by atoms with Gasteiger partial charge in [-0.15, -0.1) is 11.6 Å². The smallest absolute Gasteiger partial charge is 0.259 e. The number of aromatic nitrogens is 3. The molecule has 2 aromatic carbocycles. The highest BCUT2D eigenvalue weighted by Crippen LogP contribution is 2.28. The molecule has 172 valence electrons. The van der Waals surface area contributed by atoms with Gasteiger partial charge in [-0.2, -0.15) is 0 Å². The number of anilines is 1. The molecule has 8 heteroatoms. The number of rotatable bonds is 8. The minimum absolute atomic E-state index is 0.124. The van der Waals surface area contributed by atoms with E-state index in [4.69, 9.17) is 27.9 Å². The molecule has 4 rings (SSSR count). The average Bonchev–Trinajstić information content (AvgIpc) is 2.87. The number of nitrogens with zero attached hydrogens (tertiary/aromatic N) is 4. The first-order valence-electron chi connectivity index (χ1n) is 10.7. The topological polar surface area (TPSA) is 68.2 Å². The van der Waals surface area contributed by atoms with Crippen molar-refractivity contribution in [3.8, 4) is 11.6 Å². The first-order chi connectivity index (χ1) is 16.5. The van der Waals surface area contributed by atoms with Crippen LogP contribution in [0.25, 0.3) is 0 Å². The summed E-state index contributed by atoms with van der Waals surface area (Å²) in [5, 5.41) is 0.274. The van der Waals surface area contributed by atoms with E-state index in [1.807, 2.05) is 61.5 Å². The van der Waals surface area contributed by atoms with Crippen LogP contribution >= 0.6 is 23.2 Å². The van der Waals surface area contributed by atoms with E-state index in [9.17, 15) is 4.79 Å². The SMILES string of the molecule is Cc1ccc(Oc2ccc(CCN(C(=O)c3ccccc3)c3ncnc(CCl)c3Cl)cc2)nc1. The lowest BCUT2D eigenvalue weighted by Gasteiger charge is -2.23. The second kappa shape index (κ2) is 11.1. The summed E-state index contributed by atoms with van der Waals surface area (Å²) in [6.45, 7) is 2.34. The van der Waals surface area contributed by atoms with Gasteiger partial charge in [0.1, 0.15) is 17.1 Å². The van der Waals surface area contributed by atoms with Gasteiger partial charge in [0.05, 0.1) is 11.6 Å². The van der Waals surface area contributed by atoms with Gasteiger partial charge in [-0.1, -0.05) is 48.0 Å². The highest BCUT2D eigenvalue weighted by Gasteiger charge is 2.23. The molecular weight excluding hydrogens is 471 g/mol. The number of benzene rings is 2. The molecular formula is C26H22Cl2N4O2. The zero-order valence-electron chi connectivity index (χ0n) is 18.5. The number of carbonyl (C=O) groups is 1. The van der Waals surface area contributed by atoms with Crippen LogP contribution in [0.2, 0.25) is 5.02 Å². The van der Waals surface area contributed by atoms with Crippen molar-refractivity contribution in [2.24, 2.45) is 0 Å². The molecule has 0 bridgehead atoms. The number of hydrogen-bond donors (Lipinski definition) is 0. The second-order valence-electron chi connectivity index (χ2n) is 7.58. The van der Waals surface area contributed by atoms with E-state index in [1.165, 1.54) is 6.33 Å². The zero-order chi connectivity index (χ0) is 23.9. The number of alkyl halides is 1. The van der Waals surface area contributed by atoms with Crippen LogP contribution in [-0.2, 0) is 12.3 Å². The largest absolute Gasteiger partial charge is 0.439 e. The molecule has 0 aliphatic rings. The Labute approximate surface area is 208 Å². The molecule has 1 amide bonds. The summed E-state index contributed by atoms with van der Waals surface area (Å²) in [6.07, 6.45) is 3.71. The fraction of sp³-hybridized carbons (Fsp3) is 0.154. The molecule has 0 aliphatic carbocycles. The van der Waals surface area contributed by atoms with Gasteiger partial charge < -0.3 is 4.74 Å². The molecule has 0 radical (unpaired) electrons. The molecule has 0 saturated heterocycles. The monoisotopic (exact) mass is 492 g/mol. The third-order valence-corrected chi connectivity index (χ3v) is 5.79. The number of pyridine rings is 1. The van der Waals surface area contributed by atoms with Crippen molar-refractivity contribution in [1.82, 2.24) is 15.0 Å². The highest BCUT2D eigenvalue weighted by molar-refractivity contribution is 6.35. The first kappa shape index (κ1) is 23.7. The number of carbonyl (C=O) groups excluding carboxylic acids is 1. The van der Waals surface area contributed by atoms with Crippen molar-refractivity contribution < 1.29 is 9.53 Å². The maximum atomic E-state index is 13.3. The molecule has 2 aromatic heterocycles. The summed E-state index contributed by atoms with van der Waals surface area (Å²) >= 11 is 12.5. The number of amides is 1. The maximum absolute atomic E-state index is 13.3. The van der Waals surface area contributed by atoms with Gasteiger partial charge in [0.25, 0.3) is 5.91 Å². The molecule has 0 spiro atoms. The van der Waals surface area contributed by atoms with Crippen LogP contribution in [0.5, 0.6) is 11.6 Å². The predicted octanol–water partition coefficient (Wildman–Crippen LogP) is 6.25. The molecule has 6 nitrogen and oxygen atoms in total. The molecule has 0 fully saturated rings. The third kappa shape index (κ3) is 5.71. The van der Waals surface area contributed by atoms with Crippen molar-refractivity contribution in [3.05, 3.63) is 107 Å². The number of aryl methyl sites for hydroxylation is 1. The Morgan fingerprint density at radius 3 is 2.41 bits per heavy atom. The summed E-state index contributed by atoms with van der Waals surface area (Å²) in [5.41, 5.74) is 3.11. The van der Waals surface area contributed by atoms with Crippen molar-refractivity contribution >= 4 is 34.9 Å². The molecule has 0 saturated carbocycles. The van der Waals surface area contributed by atoms with Gasteiger partial charge in [-0.25, -0.2) is 15.0 Å². The van der Waals surface area contributed by atoms with E-state index in [-0.39, 0.29) is 16.8 Å². The van der Waals surface area contributed by atoms with E-state index in [0.29, 0.717) is 41.7 Å². The maximum Gasteiger partial charge on any atom is 0.259 e. The molecule has 0 unspecified atom stereocenters. The molecule has 2 heterocycles. The summed E-state index contributed by atoms with van der Waals surface area (Å²) in [6, 6.07) is 20.5. The van der Waals surface area contributed by atoms with Gasteiger partial charge in [-0.05, 0) is 48.7 Å². The summed E-state index contributed by atoms with van der Waals surface area (Å²) < 4.78 is 5.80. The lowest BCUT2D eigenvalue weighted by molar-refractivity contribution is 0.0986. The minimum atomic E-state index is -0.202. The first-order valence-corrected chi connectivity index (χ1v) is 11.6. The molecule has 0 aliphatic heterocycles. The van der Waals surface area contributed by atoms with E-state index in [1.54, 1.807) is 23.2 Å². The summed E-state index contributed by atoms with van der Waals surface area (Å²) in [4.78, 5) is 27.6. The number of halogens is 2. The fourth-order valence-electron chi connectivity index (χ4n) is 3.32. The van der Waals surface area contributed by atoms with E-state index >= 15 is 0 Å². The van der Waals surface area contributed by atoms with E-state index in [2.05, 4.69) is 15.0 Å². The van der Waals surface area contributed by atoms with Crippen molar-refractivity contribution in [2.45, 2.75) is 19.2 Å². The third-order valence-electron chi connectivity index (χ3n) is 5.15. The Morgan fingerprint density at radius 2 is 1.74 bits per heavy atom. The predicted molar refractivity (Wildman–Crippen MR) is 134 cm³/mol. The lowest BCUT2D eigenvalue weighted by atomic mass is 10.1.